The Morgan fingerprint density at radius 2 is 1.24 bits per heavy atom. The Morgan fingerprint density at radius 3 is 1.76 bits per heavy atom. The third-order valence-corrected chi connectivity index (χ3v) is 13.2. The fourth-order valence-corrected chi connectivity index (χ4v) is 10.1. The van der Waals surface area contributed by atoms with Gasteiger partial charge in [-0.2, -0.15) is 0 Å². The van der Waals surface area contributed by atoms with Gasteiger partial charge >= 0.3 is 0 Å². The van der Waals surface area contributed by atoms with Gasteiger partial charge < -0.3 is 24.3 Å². The van der Waals surface area contributed by atoms with E-state index in [1.807, 2.05) is 47.8 Å². The summed E-state index contributed by atoms with van der Waals surface area (Å²) in [7, 11) is 1.70. The van der Waals surface area contributed by atoms with Crippen LogP contribution in [0.1, 0.15) is 72.1 Å². The van der Waals surface area contributed by atoms with Gasteiger partial charge in [0.25, 0.3) is 11.8 Å². The van der Waals surface area contributed by atoms with E-state index >= 15 is 0 Å². The molecule has 11 heteroatoms. The molecule has 6 heterocycles. The van der Waals surface area contributed by atoms with Crippen molar-refractivity contribution in [1.82, 2.24) is 29.2 Å². The first kappa shape index (κ1) is 36.8. The molecule has 4 saturated heterocycles. The van der Waals surface area contributed by atoms with Crippen LogP contribution in [-0.2, 0) is 0 Å². The molecule has 9 rings (SSSR count). The number of fused-ring (bicyclic) bond motifs is 1. The van der Waals surface area contributed by atoms with E-state index in [2.05, 4.69) is 59.5 Å². The second-order valence-electron chi connectivity index (χ2n) is 15.1. The van der Waals surface area contributed by atoms with E-state index in [4.69, 9.17) is 4.74 Å². The van der Waals surface area contributed by atoms with Crippen molar-refractivity contribution in [1.29, 1.82) is 0 Å². The number of amides is 2. The lowest BCUT2D eigenvalue weighted by atomic mass is 10.1. The number of ether oxygens (including phenoxy) is 1. The first-order valence-electron chi connectivity index (χ1n) is 19.6. The number of thiophene rings is 1. The van der Waals surface area contributed by atoms with Gasteiger partial charge in [0.1, 0.15) is 11.4 Å². The molecule has 0 spiro atoms. The minimum Gasteiger partial charge on any atom is -0.497 e. The van der Waals surface area contributed by atoms with Crippen LogP contribution in [0, 0.1) is 0 Å². The second kappa shape index (κ2) is 17.1. The molecule has 9 nitrogen and oxygen atoms in total. The number of carbonyl (C=O) groups excluding carboxylic acids is 2. The Hall–Kier alpha value is -4.16. The lowest BCUT2D eigenvalue weighted by molar-refractivity contribution is 0.0701. The number of nitrogens with zero attached hydrogens (tertiary/aromatic N) is 6. The molecular weight excluding hydrogens is 713 g/mol. The van der Waals surface area contributed by atoms with E-state index in [9.17, 15) is 9.59 Å². The highest BCUT2D eigenvalue weighted by atomic mass is 32.1. The molecule has 2 atom stereocenters. The zero-order valence-electron chi connectivity index (χ0n) is 31.2. The van der Waals surface area contributed by atoms with Crippen LogP contribution in [0.25, 0.3) is 31.8 Å². The summed E-state index contributed by atoms with van der Waals surface area (Å²) in [5.41, 5.74) is 4.61. The van der Waals surface area contributed by atoms with Crippen molar-refractivity contribution in [2.45, 2.75) is 63.5 Å². The molecule has 0 unspecified atom stereocenters. The zero-order chi connectivity index (χ0) is 36.9. The van der Waals surface area contributed by atoms with Gasteiger partial charge in [-0.15, -0.1) is 16.4 Å². The summed E-state index contributed by atoms with van der Waals surface area (Å²) in [4.78, 5) is 36.5. The summed E-state index contributed by atoms with van der Waals surface area (Å²) in [5, 5.41) is 7.22. The summed E-state index contributed by atoms with van der Waals surface area (Å²) in [6.45, 7) is 8.60. The Bertz CT molecular complexity index is 2000. The molecule has 4 fully saturated rings. The summed E-state index contributed by atoms with van der Waals surface area (Å²) < 4.78 is 10.4. The number of rotatable bonds is 9. The van der Waals surface area contributed by atoms with Crippen LogP contribution in [-0.4, -0.2) is 113 Å². The molecule has 0 aliphatic carbocycles. The molecule has 282 valence electrons. The molecule has 4 aliphatic heterocycles. The van der Waals surface area contributed by atoms with E-state index in [1.165, 1.54) is 78.4 Å². The van der Waals surface area contributed by atoms with Gasteiger partial charge in [0.05, 0.1) is 7.11 Å². The fraction of sp³-hybridized carbons (Fsp3) is 0.442. The quantitative estimate of drug-likeness (QED) is 0.150. The molecule has 3 aromatic carbocycles. The second-order valence-corrected chi connectivity index (χ2v) is 16.8. The highest BCUT2D eigenvalue weighted by Crippen LogP contribution is 2.36. The number of benzene rings is 3. The predicted molar refractivity (Wildman–Crippen MR) is 219 cm³/mol. The molecule has 0 N–H and O–H groups in total. The van der Waals surface area contributed by atoms with E-state index < -0.39 is 0 Å². The molecule has 0 saturated carbocycles. The molecule has 54 heavy (non-hydrogen) atoms. The third-order valence-electron chi connectivity index (χ3n) is 11.5. The van der Waals surface area contributed by atoms with Crippen molar-refractivity contribution in [3.05, 3.63) is 89.3 Å². The maximum Gasteiger partial charge on any atom is 0.254 e. The SMILES string of the molecule is COc1ccc2cc(-c3ccc(C(=O)N4CCC[C@H]4CN4CCCC4)cc3)sc2c1.O=C(c1ccc(-c2csnn2)cc1)N1CCC[C@H]1CN1CCCC1. The fourth-order valence-electron chi connectivity index (χ4n) is 8.58. The number of hydrogen-bond donors (Lipinski definition) is 0. The average molecular weight is 763 g/mol. The van der Waals surface area contributed by atoms with Gasteiger partial charge in [-0.25, -0.2) is 0 Å². The minimum atomic E-state index is 0.166. The Labute approximate surface area is 326 Å². The van der Waals surface area contributed by atoms with Gasteiger partial charge in [0.15, 0.2) is 0 Å². The summed E-state index contributed by atoms with van der Waals surface area (Å²) >= 11 is 3.10. The maximum absolute atomic E-state index is 13.2. The molecule has 2 amide bonds. The van der Waals surface area contributed by atoms with Crippen LogP contribution in [0.5, 0.6) is 5.75 Å². The molecule has 5 aromatic rings. The predicted octanol–water partition coefficient (Wildman–Crippen LogP) is 8.18. The number of likely N-dealkylation sites (tertiary alicyclic amines) is 4. The van der Waals surface area contributed by atoms with Gasteiger partial charge in [-0.1, -0.05) is 28.8 Å². The van der Waals surface area contributed by atoms with E-state index in [-0.39, 0.29) is 11.8 Å². The smallest absolute Gasteiger partial charge is 0.254 e. The van der Waals surface area contributed by atoms with Crippen molar-refractivity contribution in [2.24, 2.45) is 0 Å². The molecule has 0 radical (unpaired) electrons. The number of hydrogen-bond acceptors (Lipinski definition) is 9. The van der Waals surface area contributed by atoms with Gasteiger partial charge in [0, 0.05) is 69.9 Å². The highest BCUT2D eigenvalue weighted by molar-refractivity contribution is 7.22. The van der Waals surface area contributed by atoms with Gasteiger partial charge in [-0.05, 0) is 149 Å². The van der Waals surface area contributed by atoms with Crippen LogP contribution in [0.15, 0.2) is 78.2 Å². The Balaban J connectivity index is 0.000000157. The minimum absolute atomic E-state index is 0.166. The summed E-state index contributed by atoms with van der Waals surface area (Å²) in [5.74, 6) is 1.23. The molecule has 4 aliphatic rings. The first-order chi connectivity index (χ1) is 26.5. The average Bonchev–Trinajstić information content (AvgIpc) is 4.07. The van der Waals surface area contributed by atoms with Crippen LogP contribution < -0.4 is 4.74 Å². The van der Waals surface area contributed by atoms with Crippen molar-refractivity contribution in [2.75, 3.05) is 59.5 Å². The van der Waals surface area contributed by atoms with Crippen molar-refractivity contribution >= 4 is 44.8 Å². The molecule has 0 bridgehead atoms. The van der Waals surface area contributed by atoms with E-state index in [1.54, 1.807) is 18.4 Å². The van der Waals surface area contributed by atoms with Crippen LogP contribution in [0.3, 0.4) is 0 Å². The number of carbonyl (C=O) groups is 2. The zero-order valence-corrected chi connectivity index (χ0v) is 32.8. The number of aromatic nitrogens is 2. The maximum atomic E-state index is 13.2. The summed E-state index contributed by atoms with van der Waals surface area (Å²) in [6.07, 6.45) is 9.69. The van der Waals surface area contributed by atoms with Crippen LogP contribution in [0.4, 0.5) is 0 Å². The van der Waals surface area contributed by atoms with Crippen LogP contribution in [0.2, 0.25) is 0 Å². The lowest BCUT2D eigenvalue weighted by Crippen LogP contribution is -2.42. The lowest BCUT2D eigenvalue weighted by Gasteiger charge is -2.28. The van der Waals surface area contributed by atoms with Crippen molar-refractivity contribution in [3.8, 4) is 27.4 Å². The van der Waals surface area contributed by atoms with Gasteiger partial charge in [0.2, 0.25) is 0 Å². The monoisotopic (exact) mass is 762 g/mol. The van der Waals surface area contributed by atoms with Crippen LogP contribution >= 0.6 is 22.9 Å². The van der Waals surface area contributed by atoms with Crippen molar-refractivity contribution in [3.63, 3.8) is 0 Å². The Morgan fingerprint density at radius 1 is 0.685 bits per heavy atom. The van der Waals surface area contributed by atoms with E-state index in [0.29, 0.717) is 12.1 Å². The standard InChI is InChI=1S/C25H28N2O2S.C18H22N4OS/c1-29-22-11-10-20-15-23(30-24(20)16-22)18-6-8-19(9-7-18)25(28)27-14-4-5-21(27)17-26-12-2-3-13-26;23-18(15-7-5-14(6-8-15)17-13-24-20-19-17)22-11-3-4-16(22)12-21-9-1-2-10-21/h6-11,15-16,21H,2-5,12-14,17H2,1H3;5-8,13,16H,1-4,9-12H2/t21-;16-/m00/s1. The first-order valence-corrected chi connectivity index (χ1v) is 21.3. The highest BCUT2D eigenvalue weighted by Gasteiger charge is 2.32. The molecular formula is C43H50N6O3S2. The molecule has 2 aromatic heterocycles. The topological polar surface area (TPSA) is 82.1 Å². The Kier molecular flexibility index (Phi) is 11.7. The largest absolute Gasteiger partial charge is 0.497 e. The van der Waals surface area contributed by atoms with Crippen molar-refractivity contribution < 1.29 is 14.3 Å². The normalized spacial score (nSPS) is 20.5. The third kappa shape index (κ3) is 8.39. The number of methoxy groups -OCH3 is 1. The van der Waals surface area contributed by atoms with Gasteiger partial charge in [-0.3, -0.25) is 9.59 Å². The summed E-state index contributed by atoms with van der Waals surface area (Å²) in [6, 6.07) is 25.1. The van der Waals surface area contributed by atoms with E-state index in [0.717, 1.165) is 85.6 Å².